The highest BCUT2D eigenvalue weighted by molar-refractivity contribution is 5.98. The molecule has 27 heteroatoms. The topological polar surface area (TPSA) is 230 Å². The van der Waals surface area contributed by atoms with Crippen molar-refractivity contribution in [3.05, 3.63) is 109 Å². The molecule has 0 saturated carbocycles. The molecule has 8 rings (SSSR count). The number of nitrogens with two attached hydrogens (primary N) is 1. The summed E-state index contributed by atoms with van der Waals surface area (Å²) in [5.74, 6) is -6.38. The Morgan fingerprint density at radius 3 is 1.65 bits per heavy atom. The number of carboxylic acids is 1. The van der Waals surface area contributed by atoms with Gasteiger partial charge in [-0.25, -0.2) is 26.9 Å². The number of carbonyl (C=O) groups excluding carboxylic acids is 3. The van der Waals surface area contributed by atoms with Crippen molar-refractivity contribution in [2.45, 2.75) is 33.0 Å². The van der Waals surface area contributed by atoms with Gasteiger partial charge in [0, 0.05) is 73.0 Å². The maximum absolute atomic E-state index is 14.1. The van der Waals surface area contributed by atoms with E-state index in [1.54, 1.807) is 13.8 Å². The van der Waals surface area contributed by atoms with Crippen LogP contribution in [0, 0.1) is 53.4 Å². The van der Waals surface area contributed by atoms with Gasteiger partial charge in [0.05, 0.1) is 59.4 Å². The Morgan fingerprint density at radius 2 is 1.24 bits per heavy atom. The Balaban J connectivity index is 0.000000220. The van der Waals surface area contributed by atoms with E-state index in [9.17, 15) is 63.1 Å². The monoisotopic (exact) mass is 1010 g/mol. The van der Waals surface area contributed by atoms with Crippen LogP contribution < -0.4 is 31.2 Å². The van der Waals surface area contributed by atoms with Crippen molar-refractivity contribution in [2.24, 2.45) is 17.8 Å². The van der Waals surface area contributed by atoms with E-state index in [0.29, 0.717) is 12.1 Å². The first-order chi connectivity index (χ1) is 33.3. The molecule has 2 aliphatic rings. The maximum atomic E-state index is 14.1. The summed E-state index contributed by atoms with van der Waals surface area (Å²) in [6, 6.07) is 9.64. The van der Waals surface area contributed by atoms with Crippen molar-refractivity contribution in [3.63, 3.8) is 0 Å². The molecule has 2 fully saturated rings. The molecule has 0 unspecified atom stereocenters. The van der Waals surface area contributed by atoms with E-state index in [1.165, 1.54) is 24.5 Å². The van der Waals surface area contributed by atoms with E-state index in [-0.39, 0.29) is 76.8 Å². The normalized spacial score (nSPS) is 16.1. The summed E-state index contributed by atoms with van der Waals surface area (Å²) in [6.45, 7) is 3.65. The van der Waals surface area contributed by atoms with Gasteiger partial charge < -0.3 is 36.3 Å². The molecule has 0 bridgehead atoms. The molecule has 4 aromatic heterocycles. The second-order valence-corrected chi connectivity index (χ2v) is 14.8. The van der Waals surface area contributed by atoms with Crippen molar-refractivity contribution >= 4 is 35.3 Å². The van der Waals surface area contributed by atoms with Crippen LogP contribution in [-0.2, 0) is 19.2 Å². The number of pyridine rings is 2. The number of halogens is 10. The molecule has 6 N–H and O–H groups in total. The molecule has 3 atom stereocenters. The van der Waals surface area contributed by atoms with Gasteiger partial charge in [0.15, 0.2) is 5.82 Å². The number of terminal acetylenes is 1. The Kier molecular flexibility index (Phi) is 17.0. The molecule has 71 heavy (non-hydrogen) atoms. The molecule has 3 amide bonds. The number of hydrogen-bond donors (Lipinski definition) is 5. The lowest BCUT2D eigenvalue weighted by Gasteiger charge is -2.12. The third-order valence-corrected chi connectivity index (χ3v) is 9.54. The minimum absolute atomic E-state index is 0.00168. The average Bonchev–Trinajstić information content (AvgIpc) is 4.07. The smallest absolute Gasteiger partial charge is 0.481 e. The zero-order valence-electron chi connectivity index (χ0n) is 36.5. The number of benzene rings is 2. The fourth-order valence-electron chi connectivity index (χ4n) is 6.54. The van der Waals surface area contributed by atoms with E-state index >= 15 is 0 Å². The first-order valence-corrected chi connectivity index (χ1v) is 20.1. The number of alkyl halides is 6. The quantitative estimate of drug-likeness (QED) is 0.0731. The Morgan fingerprint density at radius 1 is 0.746 bits per heavy atom. The SMILES string of the molecule is C#CC.C[C@H]1C(=O)NC[C@@H]1C(=O)Nc1cc(-c2cc(F)cc(OC(F)(F)F)c2)n(-c2cncc(F)c2)n1.Nc1cc(-c2cc(F)cc(OC(F)(F)F)c2)n(-c2cncc(F)c2)n1.O=C1C[C@@H](C(=O)O)CN1. The van der Waals surface area contributed by atoms with Gasteiger partial charge >= 0.3 is 18.7 Å². The molecular formula is C44H36F10N10O7. The third kappa shape index (κ3) is 15.1. The highest BCUT2D eigenvalue weighted by Crippen LogP contribution is 2.34. The van der Waals surface area contributed by atoms with Crippen LogP contribution in [0.1, 0.15) is 20.3 Å². The highest BCUT2D eigenvalue weighted by atomic mass is 19.4. The number of hydrogen-bond acceptors (Lipinski definition) is 11. The fraction of sp³-hybridized carbons (Fsp3) is 0.227. The first-order valence-electron chi connectivity index (χ1n) is 20.1. The van der Waals surface area contributed by atoms with E-state index in [1.807, 2.05) is 0 Å². The van der Waals surface area contributed by atoms with E-state index in [4.69, 9.17) is 10.8 Å². The summed E-state index contributed by atoms with van der Waals surface area (Å²) < 4.78 is 140. The Bertz CT molecular complexity index is 2960. The molecule has 2 aromatic carbocycles. The molecule has 6 aromatic rings. The maximum Gasteiger partial charge on any atom is 0.573 e. The van der Waals surface area contributed by atoms with Crippen LogP contribution in [0.5, 0.6) is 11.5 Å². The van der Waals surface area contributed by atoms with Gasteiger partial charge in [-0.15, -0.1) is 43.8 Å². The van der Waals surface area contributed by atoms with Crippen LogP contribution in [0.4, 0.5) is 55.5 Å². The number of amides is 3. The standard InChI is InChI=1S/C21H16F5N5O3.C15H9F5N4O.C5H7NO3.C3H4/c1-10-16(9-28-19(10)32)20(33)29-18-6-17(31(30-18)14-4-13(23)7-27-8-14)11-2-12(22)5-15(3-11)34-21(24,25)26;16-9-1-8(2-12(4-9)25-15(18,19)20)13-5-14(21)23-24(13)11-3-10(17)6-22-7-11;7-4-1-3(2-6-4)5(8)9;1-3-2/h2-8,10,16H,9H2,1H3,(H,28,32)(H,29,30,33);1-7H,(H2,21,23);3H,1-2H2,(H,6,7)(H,8,9);1H,2H3/t10-,16+;;3-;/m1.1./s1. The van der Waals surface area contributed by atoms with Crippen LogP contribution in [-0.4, -0.2) is 84.1 Å². The van der Waals surface area contributed by atoms with Crippen LogP contribution >= 0.6 is 0 Å². The van der Waals surface area contributed by atoms with Gasteiger partial charge in [-0.3, -0.25) is 29.1 Å². The lowest BCUT2D eigenvalue weighted by atomic mass is 9.97. The van der Waals surface area contributed by atoms with Crippen molar-refractivity contribution in [1.29, 1.82) is 0 Å². The third-order valence-electron chi connectivity index (χ3n) is 9.54. The number of nitrogens with one attached hydrogen (secondary N) is 3. The van der Waals surface area contributed by atoms with E-state index < -0.39 is 77.1 Å². The number of carboxylic acid groups (broad SMARTS) is 1. The predicted octanol–water partition coefficient (Wildman–Crippen LogP) is 6.97. The number of nitrogens with zero attached hydrogens (tertiary/aromatic N) is 6. The zero-order chi connectivity index (χ0) is 52.4. The van der Waals surface area contributed by atoms with Gasteiger partial charge in [0.2, 0.25) is 17.7 Å². The Labute approximate surface area is 394 Å². The zero-order valence-corrected chi connectivity index (χ0v) is 36.5. The van der Waals surface area contributed by atoms with E-state index in [0.717, 1.165) is 58.2 Å². The molecular weight excluding hydrogens is 971 g/mol. The van der Waals surface area contributed by atoms with Crippen molar-refractivity contribution in [2.75, 3.05) is 24.1 Å². The fourth-order valence-corrected chi connectivity index (χ4v) is 6.54. The Hall–Kier alpha value is -8.70. The first kappa shape index (κ1) is 53.3. The number of aliphatic carboxylic acids is 1. The van der Waals surface area contributed by atoms with Gasteiger partial charge in [0.1, 0.15) is 40.6 Å². The predicted molar refractivity (Wildman–Crippen MR) is 229 cm³/mol. The number of aromatic nitrogens is 6. The number of rotatable bonds is 9. The molecule has 17 nitrogen and oxygen atoms in total. The highest BCUT2D eigenvalue weighted by Gasteiger charge is 2.37. The molecule has 0 aliphatic carbocycles. The molecule has 0 radical (unpaired) electrons. The summed E-state index contributed by atoms with van der Waals surface area (Å²) in [5, 5.41) is 24.0. The average molecular weight is 1010 g/mol. The lowest BCUT2D eigenvalue weighted by Crippen LogP contribution is -2.28. The molecule has 2 aliphatic heterocycles. The van der Waals surface area contributed by atoms with Crippen molar-refractivity contribution < 1.29 is 77.7 Å². The summed E-state index contributed by atoms with van der Waals surface area (Å²) in [7, 11) is 0. The van der Waals surface area contributed by atoms with Gasteiger partial charge in [-0.2, -0.15) is 5.10 Å². The van der Waals surface area contributed by atoms with Crippen LogP contribution in [0.3, 0.4) is 0 Å². The van der Waals surface area contributed by atoms with Crippen LogP contribution in [0.25, 0.3) is 33.9 Å². The summed E-state index contributed by atoms with van der Waals surface area (Å²) in [6.07, 6.45) is -0.914. The summed E-state index contributed by atoms with van der Waals surface area (Å²) in [5.41, 5.74) is 5.90. The second kappa shape index (κ2) is 22.6. The van der Waals surface area contributed by atoms with Crippen molar-refractivity contribution in [3.8, 4) is 57.7 Å². The van der Waals surface area contributed by atoms with Gasteiger partial charge in [-0.1, -0.05) is 6.92 Å². The minimum atomic E-state index is -5.06. The number of nitrogen functional groups attached to an aromatic ring is 1. The molecule has 2 saturated heterocycles. The lowest BCUT2D eigenvalue weighted by molar-refractivity contribution is -0.275. The molecule has 6 heterocycles. The number of anilines is 2. The largest absolute Gasteiger partial charge is 0.573 e. The summed E-state index contributed by atoms with van der Waals surface area (Å²) in [4.78, 5) is 52.3. The van der Waals surface area contributed by atoms with E-state index in [2.05, 4.69) is 57.9 Å². The molecule has 374 valence electrons. The summed E-state index contributed by atoms with van der Waals surface area (Å²) >= 11 is 0. The van der Waals surface area contributed by atoms with Crippen LogP contribution in [0.2, 0.25) is 0 Å². The van der Waals surface area contributed by atoms with Crippen molar-refractivity contribution in [1.82, 2.24) is 40.2 Å². The van der Waals surface area contributed by atoms with Gasteiger partial charge in [0.25, 0.3) is 0 Å². The van der Waals surface area contributed by atoms with Crippen LogP contribution in [0.15, 0.2) is 85.5 Å². The second-order valence-electron chi connectivity index (χ2n) is 14.8. The number of carbonyl (C=O) groups is 4. The number of ether oxygens (including phenoxy) is 2. The minimum Gasteiger partial charge on any atom is -0.481 e. The molecule has 0 spiro atoms. The van der Waals surface area contributed by atoms with Gasteiger partial charge in [-0.05, 0) is 31.2 Å².